The third kappa shape index (κ3) is 4.10. The molecule has 0 spiro atoms. The molecule has 0 saturated heterocycles. The Kier molecular flexibility index (Phi) is 5.76. The number of carboxylic acid groups (broad SMARTS) is 1. The maximum Gasteiger partial charge on any atom is 0.308 e. The molecule has 6 nitrogen and oxygen atoms in total. The standard InChI is InChI=1S/C17H22N2O4/c1-2-19-15-11-14(23-8-4-3-7-18)6-5-12(15)9-13(17(19)22)10-16(20)21/h5-6,9,11H,2-4,7-8,10,18H2,1H3,(H,20,21). The van der Waals surface area contributed by atoms with Crippen molar-refractivity contribution < 1.29 is 14.6 Å². The number of unbranched alkanes of at least 4 members (excludes halogenated alkanes) is 1. The van der Waals surface area contributed by atoms with Gasteiger partial charge in [-0.05, 0) is 49.9 Å². The number of hydrogen-bond acceptors (Lipinski definition) is 4. The van der Waals surface area contributed by atoms with Gasteiger partial charge in [-0.15, -0.1) is 0 Å². The Balaban J connectivity index is 2.37. The van der Waals surface area contributed by atoms with E-state index in [4.69, 9.17) is 15.6 Å². The van der Waals surface area contributed by atoms with Crippen LogP contribution in [-0.2, 0) is 17.8 Å². The lowest BCUT2D eigenvalue weighted by Crippen LogP contribution is -2.25. The van der Waals surface area contributed by atoms with Crippen molar-refractivity contribution in [3.05, 3.63) is 40.2 Å². The van der Waals surface area contributed by atoms with Crippen LogP contribution >= 0.6 is 0 Å². The van der Waals surface area contributed by atoms with Gasteiger partial charge >= 0.3 is 5.97 Å². The fraction of sp³-hybridized carbons (Fsp3) is 0.412. The van der Waals surface area contributed by atoms with E-state index in [1.165, 1.54) is 0 Å². The van der Waals surface area contributed by atoms with Gasteiger partial charge in [0.05, 0.1) is 18.5 Å². The van der Waals surface area contributed by atoms with Crippen LogP contribution in [0.1, 0.15) is 25.3 Å². The van der Waals surface area contributed by atoms with Crippen LogP contribution in [0.25, 0.3) is 10.9 Å². The first-order valence-electron chi connectivity index (χ1n) is 7.78. The maximum absolute atomic E-state index is 12.4. The number of hydrogen-bond donors (Lipinski definition) is 2. The summed E-state index contributed by atoms with van der Waals surface area (Å²) in [4.78, 5) is 23.3. The predicted octanol–water partition coefficient (Wildman–Crippen LogP) is 1.77. The highest BCUT2D eigenvalue weighted by Gasteiger charge is 2.12. The lowest BCUT2D eigenvalue weighted by atomic mass is 10.1. The molecule has 0 saturated carbocycles. The number of pyridine rings is 1. The Hall–Kier alpha value is -2.34. The fourth-order valence-corrected chi connectivity index (χ4v) is 2.54. The Labute approximate surface area is 134 Å². The topological polar surface area (TPSA) is 94.5 Å². The van der Waals surface area contributed by atoms with Crippen LogP contribution in [0.5, 0.6) is 5.75 Å². The molecule has 2 rings (SSSR count). The molecule has 6 heteroatoms. The first-order valence-corrected chi connectivity index (χ1v) is 7.78. The molecule has 0 amide bonds. The summed E-state index contributed by atoms with van der Waals surface area (Å²) in [5.74, 6) is -0.314. The number of aliphatic carboxylic acids is 1. The normalized spacial score (nSPS) is 10.9. The number of nitrogens with two attached hydrogens (primary N) is 1. The van der Waals surface area contributed by atoms with E-state index in [9.17, 15) is 9.59 Å². The Morgan fingerprint density at radius 3 is 2.74 bits per heavy atom. The minimum absolute atomic E-state index is 0.261. The summed E-state index contributed by atoms with van der Waals surface area (Å²) in [7, 11) is 0. The highest BCUT2D eigenvalue weighted by Crippen LogP contribution is 2.21. The number of carbonyl (C=O) groups is 1. The molecule has 124 valence electrons. The van der Waals surface area contributed by atoms with Crippen molar-refractivity contribution in [2.75, 3.05) is 13.2 Å². The lowest BCUT2D eigenvalue weighted by molar-refractivity contribution is -0.136. The highest BCUT2D eigenvalue weighted by molar-refractivity contribution is 5.82. The number of fused-ring (bicyclic) bond motifs is 1. The number of rotatable bonds is 8. The number of ether oxygens (including phenoxy) is 1. The first-order chi connectivity index (χ1) is 11.1. The van der Waals surface area contributed by atoms with Crippen molar-refractivity contribution in [3.8, 4) is 5.75 Å². The van der Waals surface area contributed by atoms with Gasteiger partial charge in [0.15, 0.2) is 0 Å². The van der Waals surface area contributed by atoms with E-state index in [0.29, 0.717) is 31.0 Å². The van der Waals surface area contributed by atoms with Gasteiger partial charge in [-0.2, -0.15) is 0 Å². The Morgan fingerprint density at radius 1 is 1.30 bits per heavy atom. The largest absolute Gasteiger partial charge is 0.494 e. The van der Waals surface area contributed by atoms with Gasteiger partial charge in [-0.3, -0.25) is 9.59 Å². The number of benzene rings is 1. The molecule has 0 aliphatic carbocycles. The lowest BCUT2D eigenvalue weighted by Gasteiger charge is -2.12. The molecule has 2 aromatic rings. The van der Waals surface area contributed by atoms with Crippen LogP contribution in [0.2, 0.25) is 0 Å². The van der Waals surface area contributed by atoms with Crippen molar-refractivity contribution >= 4 is 16.9 Å². The number of carboxylic acids is 1. The molecule has 0 radical (unpaired) electrons. The summed E-state index contributed by atoms with van der Waals surface area (Å²) < 4.78 is 7.27. The zero-order valence-electron chi connectivity index (χ0n) is 13.2. The van der Waals surface area contributed by atoms with E-state index in [0.717, 1.165) is 23.7 Å². The molecule has 1 aromatic heterocycles. The molecular formula is C17H22N2O4. The monoisotopic (exact) mass is 318 g/mol. The second-order valence-electron chi connectivity index (χ2n) is 5.35. The van der Waals surface area contributed by atoms with E-state index in [-0.39, 0.29) is 12.0 Å². The smallest absolute Gasteiger partial charge is 0.308 e. The van der Waals surface area contributed by atoms with Gasteiger partial charge in [0.2, 0.25) is 0 Å². The van der Waals surface area contributed by atoms with Crippen molar-refractivity contribution in [3.63, 3.8) is 0 Å². The van der Waals surface area contributed by atoms with Crippen molar-refractivity contribution in [2.45, 2.75) is 32.7 Å². The minimum Gasteiger partial charge on any atom is -0.494 e. The molecule has 0 fully saturated rings. The van der Waals surface area contributed by atoms with Gasteiger partial charge in [0.1, 0.15) is 5.75 Å². The molecule has 23 heavy (non-hydrogen) atoms. The molecule has 0 aliphatic rings. The summed E-state index contributed by atoms with van der Waals surface area (Å²) in [6.07, 6.45) is 1.52. The van der Waals surface area contributed by atoms with Gasteiger partial charge in [0.25, 0.3) is 5.56 Å². The van der Waals surface area contributed by atoms with Crippen LogP contribution in [0.15, 0.2) is 29.1 Å². The summed E-state index contributed by atoms with van der Waals surface area (Å²) in [5.41, 5.74) is 6.24. The van der Waals surface area contributed by atoms with Gasteiger partial charge < -0.3 is 20.1 Å². The molecule has 0 aliphatic heterocycles. The van der Waals surface area contributed by atoms with Crippen LogP contribution in [-0.4, -0.2) is 28.8 Å². The number of aromatic nitrogens is 1. The fourth-order valence-electron chi connectivity index (χ4n) is 2.54. The van der Waals surface area contributed by atoms with Crippen LogP contribution in [0.4, 0.5) is 0 Å². The Morgan fingerprint density at radius 2 is 2.09 bits per heavy atom. The van der Waals surface area contributed by atoms with Crippen molar-refractivity contribution in [1.82, 2.24) is 4.57 Å². The average Bonchev–Trinajstić information content (AvgIpc) is 2.52. The summed E-state index contributed by atoms with van der Waals surface area (Å²) in [5, 5.41) is 9.77. The predicted molar refractivity (Wildman–Crippen MR) is 89.0 cm³/mol. The third-order valence-corrected chi connectivity index (χ3v) is 3.67. The molecule has 0 atom stereocenters. The van der Waals surface area contributed by atoms with Gasteiger partial charge in [0, 0.05) is 18.2 Å². The summed E-state index contributed by atoms with van der Waals surface area (Å²) in [6.45, 7) is 3.55. The third-order valence-electron chi connectivity index (χ3n) is 3.67. The number of nitrogens with zero attached hydrogens (tertiary/aromatic N) is 1. The van der Waals surface area contributed by atoms with Crippen LogP contribution in [0, 0.1) is 0 Å². The zero-order chi connectivity index (χ0) is 16.8. The van der Waals surface area contributed by atoms with E-state index >= 15 is 0 Å². The van der Waals surface area contributed by atoms with E-state index < -0.39 is 5.97 Å². The molecule has 1 aromatic carbocycles. The summed E-state index contributed by atoms with van der Waals surface area (Å²) >= 11 is 0. The minimum atomic E-state index is -1.01. The molecule has 0 bridgehead atoms. The quantitative estimate of drug-likeness (QED) is 0.723. The number of aryl methyl sites for hydroxylation is 1. The zero-order valence-corrected chi connectivity index (χ0v) is 13.2. The average molecular weight is 318 g/mol. The van der Waals surface area contributed by atoms with E-state index in [1.54, 1.807) is 10.6 Å². The molecular weight excluding hydrogens is 296 g/mol. The van der Waals surface area contributed by atoms with E-state index in [1.807, 2.05) is 25.1 Å². The SMILES string of the molecule is CCn1c(=O)c(CC(=O)O)cc2ccc(OCCCCN)cc21. The van der Waals surface area contributed by atoms with E-state index in [2.05, 4.69) is 0 Å². The van der Waals surface area contributed by atoms with Crippen molar-refractivity contribution in [2.24, 2.45) is 5.73 Å². The molecule has 1 heterocycles. The van der Waals surface area contributed by atoms with Crippen molar-refractivity contribution in [1.29, 1.82) is 0 Å². The maximum atomic E-state index is 12.4. The second-order valence-corrected chi connectivity index (χ2v) is 5.35. The van der Waals surface area contributed by atoms with Crippen LogP contribution in [0.3, 0.4) is 0 Å². The second kappa shape index (κ2) is 7.78. The Bertz CT molecular complexity index is 752. The first kappa shape index (κ1) is 17.0. The van der Waals surface area contributed by atoms with Crippen LogP contribution < -0.4 is 16.0 Å². The van der Waals surface area contributed by atoms with Gasteiger partial charge in [-0.25, -0.2) is 0 Å². The van der Waals surface area contributed by atoms with Gasteiger partial charge in [-0.1, -0.05) is 0 Å². The molecule has 3 N–H and O–H groups in total. The summed E-state index contributed by atoms with van der Waals surface area (Å²) in [6, 6.07) is 7.16. The highest BCUT2D eigenvalue weighted by atomic mass is 16.5. The molecule has 0 unspecified atom stereocenters.